The van der Waals surface area contributed by atoms with Crippen LogP contribution in [-0.4, -0.2) is 19.6 Å². The van der Waals surface area contributed by atoms with Crippen molar-refractivity contribution < 1.29 is 0 Å². The molecule has 0 fully saturated rings. The van der Waals surface area contributed by atoms with E-state index >= 15 is 0 Å². The van der Waals surface area contributed by atoms with E-state index in [0.717, 1.165) is 21.4 Å². The molecule has 0 radical (unpaired) electrons. The fourth-order valence-electron chi connectivity index (χ4n) is 1.56. The standard InChI is InChI=1S/C11H6BrClN4/c12-8-4-10(13)16-17-6-9(15-11(8)17)7-2-1-3-14-5-7/h1-6H. The third-order valence-corrected chi connectivity index (χ3v) is 3.08. The molecule has 4 nitrogen and oxygen atoms in total. The Balaban J connectivity index is 2.24. The largest absolute Gasteiger partial charge is 0.264 e. The van der Waals surface area contributed by atoms with Gasteiger partial charge in [-0.25, -0.2) is 9.50 Å². The summed E-state index contributed by atoms with van der Waals surface area (Å²) in [6.07, 6.45) is 5.31. The van der Waals surface area contributed by atoms with Crippen LogP contribution >= 0.6 is 27.5 Å². The molecule has 0 bridgehead atoms. The third kappa shape index (κ3) is 1.92. The van der Waals surface area contributed by atoms with Gasteiger partial charge >= 0.3 is 0 Å². The van der Waals surface area contributed by atoms with Gasteiger partial charge in [-0.1, -0.05) is 11.6 Å². The fourth-order valence-corrected chi connectivity index (χ4v) is 2.37. The van der Waals surface area contributed by atoms with Gasteiger partial charge in [0.1, 0.15) is 0 Å². The van der Waals surface area contributed by atoms with Gasteiger partial charge in [-0.2, -0.15) is 5.10 Å². The van der Waals surface area contributed by atoms with Crippen molar-refractivity contribution in [2.24, 2.45) is 0 Å². The molecule has 3 heterocycles. The predicted octanol–water partition coefficient (Wildman–Crippen LogP) is 3.21. The zero-order valence-corrected chi connectivity index (χ0v) is 10.9. The van der Waals surface area contributed by atoms with Crippen LogP contribution < -0.4 is 0 Å². The summed E-state index contributed by atoms with van der Waals surface area (Å²) in [5, 5.41) is 4.57. The number of fused-ring (bicyclic) bond motifs is 1. The number of rotatable bonds is 1. The van der Waals surface area contributed by atoms with Crippen molar-refractivity contribution in [3.8, 4) is 11.3 Å². The van der Waals surface area contributed by atoms with E-state index in [1.807, 2.05) is 18.3 Å². The van der Waals surface area contributed by atoms with E-state index in [-0.39, 0.29) is 0 Å². The second-order valence-electron chi connectivity index (χ2n) is 3.45. The zero-order valence-electron chi connectivity index (χ0n) is 8.51. The Bertz CT molecular complexity index is 681. The smallest absolute Gasteiger partial charge is 0.168 e. The third-order valence-electron chi connectivity index (χ3n) is 2.31. The number of nitrogens with zero attached hydrogens (tertiary/aromatic N) is 4. The van der Waals surface area contributed by atoms with Crippen molar-refractivity contribution >= 4 is 33.2 Å². The first-order chi connectivity index (χ1) is 8.24. The van der Waals surface area contributed by atoms with Gasteiger partial charge in [-0.05, 0) is 34.1 Å². The van der Waals surface area contributed by atoms with E-state index in [0.29, 0.717) is 5.15 Å². The number of pyridine rings is 1. The Hall–Kier alpha value is -1.46. The van der Waals surface area contributed by atoms with Gasteiger partial charge in [-0.15, -0.1) is 0 Å². The number of hydrogen-bond donors (Lipinski definition) is 0. The quantitative estimate of drug-likeness (QED) is 0.693. The summed E-state index contributed by atoms with van der Waals surface area (Å²) in [6.45, 7) is 0. The Morgan fingerprint density at radius 3 is 3.00 bits per heavy atom. The lowest BCUT2D eigenvalue weighted by molar-refractivity contribution is 0.932. The molecule has 0 aliphatic carbocycles. The topological polar surface area (TPSA) is 43.1 Å². The van der Waals surface area contributed by atoms with Gasteiger partial charge in [0.2, 0.25) is 0 Å². The summed E-state index contributed by atoms with van der Waals surface area (Å²) in [5.41, 5.74) is 2.49. The molecule has 17 heavy (non-hydrogen) atoms. The molecule has 3 rings (SSSR count). The van der Waals surface area contributed by atoms with Crippen molar-refractivity contribution in [2.45, 2.75) is 0 Å². The molecular weight excluding hydrogens is 304 g/mol. The molecule has 0 aliphatic rings. The first-order valence-corrected chi connectivity index (χ1v) is 6.03. The molecule has 0 aromatic carbocycles. The van der Waals surface area contributed by atoms with Crippen molar-refractivity contribution in [1.82, 2.24) is 19.6 Å². The van der Waals surface area contributed by atoms with Gasteiger partial charge in [0.25, 0.3) is 0 Å². The highest BCUT2D eigenvalue weighted by Crippen LogP contribution is 2.23. The maximum Gasteiger partial charge on any atom is 0.168 e. The highest BCUT2D eigenvalue weighted by atomic mass is 79.9. The SMILES string of the molecule is Clc1cc(Br)c2nc(-c3cccnc3)cn2n1. The zero-order chi connectivity index (χ0) is 11.8. The lowest BCUT2D eigenvalue weighted by Crippen LogP contribution is -1.90. The van der Waals surface area contributed by atoms with Crippen molar-refractivity contribution in [3.05, 3.63) is 46.4 Å². The van der Waals surface area contributed by atoms with E-state index in [1.54, 1.807) is 23.0 Å². The molecule has 0 aliphatic heterocycles. The summed E-state index contributed by atoms with van der Waals surface area (Å²) >= 11 is 9.29. The normalized spacial score (nSPS) is 10.9. The molecule has 0 amide bonds. The Labute approximate surface area is 110 Å². The van der Waals surface area contributed by atoms with E-state index in [9.17, 15) is 0 Å². The molecule has 0 unspecified atom stereocenters. The van der Waals surface area contributed by atoms with Crippen LogP contribution in [0.2, 0.25) is 5.15 Å². The van der Waals surface area contributed by atoms with Crippen LogP contribution in [0.25, 0.3) is 16.9 Å². The van der Waals surface area contributed by atoms with Crippen LogP contribution in [0, 0.1) is 0 Å². The van der Waals surface area contributed by atoms with Crippen LogP contribution in [0.3, 0.4) is 0 Å². The van der Waals surface area contributed by atoms with E-state index in [2.05, 4.69) is 31.0 Å². The van der Waals surface area contributed by atoms with Crippen molar-refractivity contribution in [2.75, 3.05) is 0 Å². The average molecular weight is 310 g/mol. The number of aromatic nitrogens is 4. The second kappa shape index (κ2) is 4.09. The van der Waals surface area contributed by atoms with Crippen molar-refractivity contribution in [1.29, 1.82) is 0 Å². The van der Waals surface area contributed by atoms with Crippen LogP contribution in [0.4, 0.5) is 0 Å². The molecule has 0 N–H and O–H groups in total. The molecule has 84 valence electrons. The molecule has 3 aromatic rings. The molecule has 0 saturated heterocycles. The predicted molar refractivity (Wildman–Crippen MR) is 68.9 cm³/mol. The van der Waals surface area contributed by atoms with Crippen LogP contribution in [-0.2, 0) is 0 Å². The first-order valence-electron chi connectivity index (χ1n) is 4.86. The summed E-state index contributed by atoms with van der Waals surface area (Å²) in [5.74, 6) is 0. The van der Waals surface area contributed by atoms with Gasteiger partial charge in [-0.3, -0.25) is 4.98 Å². The van der Waals surface area contributed by atoms with Gasteiger partial charge in [0.05, 0.1) is 16.4 Å². The maximum atomic E-state index is 5.88. The minimum atomic E-state index is 0.416. The lowest BCUT2D eigenvalue weighted by Gasteiger charge is -1.94. The van der Waals surface area contributed by atoms with Crippen LogP contribution in [0.1, 0.15) is 0 Å². The Morgan fingerprint density at radius 1 is 1.35 bits per heavy atom. The van der Waals surface area contributed by atoms with Crippen LogP contribution in [0.5, 0.6) is 0 Å². The Morgan fingerprint density at radius 2 is 2.24 bits per heavy atom. The number of hydrogen-bond acceptors (Lipinski definition) is 3. The molecule has 0 spiro atoms. The van der Waals surface area contributed by atoms with Crippen LogP contribution in [0.15, 0.2) is 41.3 Å². The van der Waals surface area contributed by atoms with E-state index in [4.69, 9.17) is 11.6 Å². The Kier molecular flexibility index (Phi) is 2.57. The summed E-state index contributed by atoms with van der Waals surface area (Å²) < 4.78 is 2.46. The van der Waals surface area contributed by atoms with Gasteiger partial charge in [0.15, 0.2) is 10.8 Å². The number of halogens is 2. The van der Waals surface area contributed by atoms with Crippen molar-refractivity contribution in [3.63, 3.8) is 0 Å². The maximum absolute atomic E-state index is 5.88. The second-order valence-corrected chi connectivity index (χ2v) is 4.69. The molecule has 0 atom stereocenters. The first kappa shape index (κ1) is 10.7. The summed E-state index contributed by atoms with van der Waals surface area (Å²) in [6, 6.07) is 5.54. The summed E-state index contributed by atoms with van der Waals surface area (Å²) in [4.78, 5) is 8.54. The van der Waals surface area contributed by atoms with Gasteiger partial charge < -0.3 is 0 Å². The highest BCUT2D eigenvalue weighted by molar-refractivity contribution is 9.10. The highest BCUT2D eigenvalue weighted by Gasteiger charge is 2.08. The summed E-state index contributed by atoms with van der Waals surface area (Å²) in [7, 11) is 0. The molecule has 6 heteroatoms. The minimum absolute atomic E-state index is 0.416. The van der Waals surface area contributed by atoms with Gasteiger partial charge in [0, 0.05) is 18.0 Å². The fraction of sp³-hybridized carbons (Fsp3) is 0. The monoisotopic (exact) mass is 308 g/mol. The molecule has 0 saturated carbocycles. The number of imidazole rings is 1. The molecular formula is C11H6BrClN4. The minimum Gasteiger partial charge on any atom is -0.264 e. The van der Waals surface area contributed by atoms with E-state index in [1.165, 1.54) is 0 Å². The average Bonchev–Trinajstić information content (AvgIpc) is 2.74. The van der Waals surface area contributed by atoms with E-state index < -0.39 is 0 Å². The lowest BCUT2D eigenvalue weighted by atomic mass is 10.2. The molecule has 3 aromatic heterocycles.